The number of benzene rings is 1. The van der Waals surface area contributed by atoms with E-state index in [-0.39, 0.29) is 10.3 Å². The van der Waals surface area contributed by atoms with E-state index in [0.717, 1.165) is 31.4 Å². The van der Waals surface area contributed by atoms with Crippen molar-refractivity contribution in [1.29, 1.82) is 0 Å². The summed E-state index contributed by atoms with van der Waals surface area (Å²) in [6.45, 7) is 13.8. The first-order valence-corrected chi connectivity index (χ1v) is 13.9. The number of sulfonamides is 1. The van der Waals surface area contributed by atoms with Crippen molar-refractivity contribution >= 4 is 16.0 Å². The number of carbonyl (C=O) groups excluding carboxylic acids is 1. The lowest BCUT2D eigenvalue weighted by Crippen LogP contribution is -2.34. The highest BCUT2D eigenvalue weighted by Crippen LogP contribution is 2.39. The lowest BCUT2D eigenvalue weighted by molar-refractivity contribution is -0.153. The summed E-state index contributed by atoms with van der Waals surface area (Å²) in [5, 5.41) is 8.93. The number of carbonyl (C=O) groups is 1. The van der Waals surface area contributed by atoms with E-state index < -0.39 is 28.1 Å². The Morgan fingerprint density at radius 3 is 2.65 bits per heavy atom. The highest BCUT2D eigenvalue weighted by molar-refractivity contribution is 7.89. The molecule has 0 saturated carbocycles. The average Bonchev–Trinajstić information content (AvgIpc) is 3.40. The van der Waals surface area contributed by atoms with Crippen LogP contribution >= 0.6 is 0 Å². The van der Waals surface area contributed by atoms with E-state index in [0.29, 0.717) is 28.5 Å². The van der Waals surface area contributed by atoms with Gasteiger partial charge in [0.25, 0.3) is 5.89 Å². The molecule has 2 aromatic heterocycles. The maximum absolute atomic E-state index is 12.7. The molecule has 10 nitrogen and oxygen atoms in total. The molecule has 2 heterocycles. The van der Waals surface area contributed by atoms with Crippen LogP contribution < -0.4 is 4.72 Å². The molecule has 1 N–H and O–H groups in total. The predicted molar refractivity (Wildman–Crippen MR) is 138 cm³/mol. The summed E-state index contributed by atoms with van der Waals surface area (Å²) in [5.74, 6) is 0.0578. The number of esters is 1. The normalized spacial score (nSPS) is 15.4. The molecule has 4 rings (SSSR count). The number of fused-ring (bicyclic) bond motifs is 1. The van der Waals surface area contributed by atoms with Crippen LogP contribution in [0.5, 0.6) is 0 Å². The molecule has 37 heavy (non-hydrogen) atoms. The van der Waals surface area contributed by atoms with Crippen LogP contribution in [0.1, 0.15) is 64.8 Å². The Balaban J connectivity index is 1.56. The molecule has 1 aromatic carbocycles. The first-order valence-electron chi connectivity index (χ1n) is 12.4. The molecule has 0 radical (unpaired) electrons. The molecule has 0 bridgehead atoms. The number of hydrogen-bond donors (Lipinski definition) is 1. The third-order valence-corrected chi connectivity index (χ3v) is 7.77. The smallest absolute Gasteiger partial charge is 0.321 e. The largest absolute Gasteiger partial charge is 0.459 e. The second-order valence-corrected chi connectivity index (χ2v) is 13.0. The van der Waals surface area contributed by atoms with Gasteiger partial charge < -0.3 is 9.26 Å². The van der Waals surface area contributed by atoms with Crippen molar-refractivity contribution in [2.45, 2.75) is 84.8 Å². The molecule has 0 saturated heterocycles. The van der Waals surface area contributed by atoms with Gasteiger partial charge in [0.15, 0.2) is 5.69 Å². The molecule has 0 atom stereocenters. The number of aromatic nitrogens is 4. The Bertz CT molecular complexity index is 1430. The fourth-order valence-electron chi connectivity index (χ4n) is 4.53. The summed E-state index contributed by atoms with van der Waals surface area (Å²) < 4.78 is 40.5. The molecule has 0 spiro atoms. The Hall–Kier alpha value is -3.05. The summed E-state index contributed by atoms with van der Waals surface area (Å²) in [6, 6.07) is 4.60. The van der Waals surface area contributed by atoms with Crippen LogP contribution in [0, 0.1) is 12.3 Å². The summed E-state index contributed by atoms with van der Waals surface area (Å²) >= 11 is 0. The van der Waals surface area contributed by atoms with E-state index in [4.69, 9.17) is 14.4 Å². The molecule has 0 fully saturated rings. The van der Waals surface area contributed by atoms with Gasteiger partial charge in [-0.2, -0.15) is 14.8 Å². The van der Waals surface area contributed by atoms with Gasteiger partial charge in [-0.15, -0.1) is 0 Å². The van der Waals surface area contributed by atoms with E-state index in [2.05, 4.69) is 35.6 Å². The second kappa shape index (κ2) is 9.68. The molecule has 11 heteroatoms. The summed E-state index contributed by atoms with van der Waals surface area (Å²) in [5.41, 5.74) is 3.91. The van der Waals surface area contributed by atoms with E-state index in [9.17, 15) is 13.2 Å². The van der Waals surface area contributed by atoms with Crippen LogP contribution in [0.15, 0.2) is 27.6 Å². The van der Waals surface area contributed by atoms with Crippen LogP contribution in [0.3, 0.4) is 0 Å². The van der Waals surface area contributed by atoms with Crippen LogP contribution in [0.2, 0.25) is 0 Å². The maximum atomic E-state index is 12.7. The summed E-state index contributed by atoms with van der Waals surface area (Å²) in [4.78, 5) is 16.6. The average molecular weight is 530 g/mol. The minimum atomic E-state index is -3.92. The molecule has 1 aliphatic carbocycles. The quantitative estimate of drug-likeness (QED) is 0.454. The Labute approximate surface area is 217 Å². The Morgan fingerprint density at radius 1 is 1.27 bits per heavy atom. The van der Waals surface area contributed by atoms with Crippen LogP contribution in [-0.4, -0.2) is 46.5 Å². The van der Waals surface area contributed by atoms with Gasteiger partial charge in [0.1, 0.15) is 12.1 Å². The monoisotopic (exact) mass is 529 g/mol. The van der Waals surface area contributed by atoms with Crippen LogP contribution in [0.25, 0.3) is 23.0 Å². The van der Waals surface area contributed by atoms with E-state index >= 15 is 0 Å². The second-order valence-electron chi connectivity index (χ2n) is 11.2. The number of hydrogen-bond acceptors (Lipinski definition) is 8. The topological polar surface area (TPSA) is 129 Å². The minimum absolute atomic E-state index is 0.0272. The van der Waals surface area contributed by atoms with Gasteiger partial charge in [-0.25, -0.2) is 8.42 Å². The molecular weight excluding hydrogens is 494 g/mol. The summed E-state index contributed by atoms with van der Waals surface area (Å²) in [6.07, 6.45) is 2.90. The number of rotatable bonds is 7. The molecular formula is C26H35N5O5S. The maximum Gasteiger partial charge on any atom is 0.321 e. The zero-order chi connectivity index (χ0) is 27.2. The molecule has 3 aromatic rings. The molecule has 0 amide bonds. The molecule has 1 aliphatic rings. The van der Waals surface area contributed by atoms with Gasteiger partial charge in [0.2, 0.25) is 15.8 Å². The molecule has 200 valence electrons. The zero-order valence-corrected chi connectivity index (χ0v) is 23.3. The number of aryl methyl sites for hydroxylation is 2. The predicted octanol–water partition coefficient (Wildman–Crippen LogP) is 4.06. The van der Waals surface area contributed by atoms with Crippen molar-refractivity contribution < 1.29 is 22.5 Å². The highest BCUT2D eigenvalue weighted by atomic mass is 32.2. The third kappa shape index (κ3) is 5.93. The first-order chi connectivity index (χ1) is 17.2. The van der Waals surface area contributed by atoms with Crippen LogP contribution in [0.4, 0.5) is 0 Å². The van der Waals surface area contributed by atoms with Crippen molar-refractivity contribution in [3.05, 3.63) is 35.0 Å². The van der Waals surface area contributed by atoms with Gasteiger partial charge in [-0.3, -0.25) is 9.48 Å². The standard InChI is InChI=1S/C26H35N5O5S/c1-8-31-20-14-26(6,7)12-11-19(20)22(29-31)24-28-23(30-36-24)18-10-9-17(13-16(18)2)37(33,34)27-15-21(32)35-25(3,4)5/h9-10,13,27H,8,11-12,14-15H2,1-7H3. The Morgan fingerprint density at radius 2 is 2.00 bits per heavy atom. The fraction of sp³-hybridized carbons (Fsp3) is 0.538. The van der Waals surface area contributed by atoms with Gasteiger partial charge >= 0.3 is 5.97 Å². The SMILES string of the molecule is CCn1nc(-c2nc(-c3ccc(S(=O)(=O)NCC(=O)OC(C)(C)C)cc3C)no2)c2c1CC(C)(C)CC2. The van der Waals surface area contributed by atoms with Gasteiger partial charge in [-0.1, -0.05) is 19.0 Å². The van der Waals surface area contributed by atoms with Crippen molar-refractivity contribution in [2.75, 3.05) is 6.54 Å². The van der Waals surface area contributed by atoms with E-state index in [1.165, 1.54) is 17.8 Å². The lowest BCUT2D eigenvalue weighted by atomic mass is 9.76. The van der Waals surface area contributed by atoms with Crippen molar-refractivity contribution in [1.82, 2.24) is 24.6 Å². The molecule has 0 unspecified atom stereocenters. The first kappa shape index (κ1) is 27.0. The van der Waals surface area contributed by atoms with Crippen LogP contribution in [-0.2, 0) is 38.9 Å². The third-order valence-electron chi connectivity index (χ3n) is 6.37. The van der Waals surface area contributed by atoms with E-state index in [1.807, 2.05) is 4.68 Å². The number of ether oxygens (including phenoxy) is 1. The molecule has 0 aliphatic heterocycles. The van der Waals surface area contributed by atoms with Crippen molar-refractivity contribution in [3.63, 3.8) is 0 Å². The van der Waals surface area contributed by atoms with Gasteiger partial charge in [0.05, 0.1) is 4.90 Å². The summed E-state index contributed by atoms with van der Waals surface area (Å²) in [7, 11) is -3.92. The van der Waals surface area contributed by atoms with Gasteiger partial charge in [-0.05, 0) is 83.1 Å². The van der Waals surface area contributed by atoms with Gasteiger partial charge in [0, 0.05) is 23.4 Å². The number of nitrogens with one attached hydrogen (secondary N) is 1. The fourth-order valence-corrected chi connectivity index (χ4v) is 5.58. The minimum Gasteiger partial charge on any atom is -0.459 e. The highest BCUT2D eigenvalue weighted by Gasteiger charge is 2.32. The Kier molecular flexibility index (Phi) is 7.06. The van der Waals surface area contributed by atoms with Crippen molar-refractivity contribution in [3.8, 4) is 23.0 Å². The lowest BCUT2D eigenvalue weighted by Gasteiger charge is -2.30. The zero-order valence-electron chi connectivity index (χ0n) is 22.5. The van der Waals surface area contributed by atoms with Crippen molar-refractivity contribution in [2.24, 2.45) is 5.41 Å². The van der Waals surface area contributed by atoms with E-state index in [1.54, 1.807) is 33.8 Å². The number of nitrogens with zero attached hydrogens (tertiary/aromatic N) is 4.